The Hall–Kier alpha value is -1.60. The van der Waals surface area contributed by atoms with Crippen LogP contribution in [0.25, 0.3) is 0 Å². The van der Waals surface area contributed by atoms with Crippen LogP contribution in [0, 0.1) is 13.8 Å². The normalized spacial score (nSPS) is 10.6. The van der Waals surface area contributed by atoms with Crippen LogP contribution in [-0.4, -0.2) is 28.4 Å². The summed E-state index contributed by atoms with van der Waals surface area (Å²) in [5, 5.41) is 15.1. The van der Waals surface area contributed by atoms with Gasteiger partial charge >= 0.3 is 0 Å². The minimum Gasteiger partial charge on any atom is -0.360 e. The number of rotatable bonds is 8. The van der Waals surface area contributed by atoms with Crippen LogP contribution in [0.4, 0.5) is 10.8 Å². The summed E-state index contributed by atoms with van der Waals surface area (Å²) in [5.41, 5.74) is 3.12. The topological polar surface area (TPSA) is 66.9 Å². The van der Waals surface area contributed by atoms with Gasteiger partial charge in [-0.3, -0.25) is 4.79 Å². The predicted octanol–water partition coefficient (Wildman–Crippen LogP) is 4.10. The molecule has 7 heteroatoms. The quantitative estimate of drug-likeness (QED) is 0.554. The number of unbranched alkanes of at least 4 members (excludes halogenated alkanes) is 1. The van der Waals surface area contributed by atoms with E-state index in [0.29, 0.717) is 5.75 Å². The molecular formula is C16H22N4OS2. The van der Waals surface area contributed by atoms with Gasteiger partial charge in [0.1, 0.15) is 0 Å². The van der Waals surface area contributed by atoms with Gasteiger partial charge in [0, 0.05) is 12.2 Å². The highest BCUT2D eigenvalue weighted by Crippen LogP contribution is 2.25. The lowest BCUT2D eigenvalue weighted by molar-refractivity contribution is -0.113. The molecule has 0 radical (unpaired) electrons. The summed E-state index contributed by atoms with van der Waals surface area (Å²) in [6, 6.07) is 6.02. The average molecular weight is 351 g/mol. The van der Waals surface area contributed by atoms with Crippen molar-refractivity contribution in [2.24, 2.45) is 0 Å². The fraction of sp³-hybridized carbons (Fsp3) is 0.438. The maximum atomic E-state index is 12.0. The van der Waals surface area contributed by atoms with Gasteiger partial charge in [0.25, 0.3) is 0 Å². The molecule has 0 aliphatic heterocycles. The van der Waals surface area contributed by atoms with E-state index in [1.165, 1.54) is 23.1 Å². The van der Waals surface area contributed by atoms with Crippen LogP contribution < -0.4 is 10.6 Å². The molecule has 1 aromatic carbocycles. The minimum absolute atomic E-state index is 0.0318. The van der Waals surface area contributed by atoms with E-state index in [4.69, 9.17) is 0 Å². The first kappa shape index (κ1) is 17.7. The van der Waals surface area contributed by atoms with Gasteiger partial charge in [-0.25, -0.2) is 0 Å². The SMILES string of the molecule is CCCCNc1nnc(SCC(=O)Nc2cc(C)cc(C)c2)s1. The molecule has 2 N–H and O–H groups in total. The Morgan fingerprint density at radius 2 is 1.96 bits per heavy atom. The molecule has 1 aromatic heterocycles. The lowest BCUT2D eigenvalue weighted by Gasteiger charge is -2.06. The second-order valence-corrected chi connectivity index (χ2v) is 7.57. The number of nitrogens with one attached hydrogen (secondary N) is 2. The van der Waals surface area contributed by atoms with Gasteiger partial charge in [-0.1, -0.05) is 42.5 Å². The number of carbonyl (C=O) groups is 1. The first-order valence-corrected chi connectivity index (χ1v) is 9.45. The largest absolute Gasteiger partial charge is 0.360 e. The third-order valence-electron chi connectivity index (χ3n) is 3.05. The number of hydrogen-bond donors (Lipinski definition) is 2. The molecule has 0 aliphatic rings. The lowest BCUT2D eigenvalue weighted by atomic mass is 10.1. The highest BCUT2D eigenvalue weighted by atomic mass is 32.2. The summed E-state index contributed by atoms with van der Waals surface area (Å²) in [7, 11) is 0. The molecule has 0 unspecified atom stereocenters. The molecule has 0 atom stereocenters. The molecule has 124 valence electrons. The van der Waals surface area contributed by atoms with Crippen LogP contribution in [0.3, 0.4) is 0 Å². The van der Waals surface area contributed by atoms with Crippen LogP contribution in [0.15, 0.2) is 22.5 Å². The standard InChI is InChI=1S/C16H22N4OS2/c1-4-5-6-17-15-19-20-16(23-15)22-10-14(21)18-13-8-11(2)7-12(3)9-13/h7-9H,4-6,10H2,1-3H3,(H,17,19)(H,18,21). The Bertz CT molecular complexity index is 637. The molecule has 23 heavy (non-hydrogen) atoms. The molecule has 0 spiro atoms. The smallest absolute Gasteiger partial charge is 0.234 e. The maximum absolute atomic E-state index is 12.0. The minimum atomic E-state index is -0.0318. The number of anilines is 2. The van der Waals surface area contributed by atoms with E-state index >= 15 is 0 Å². The number of amides is 1. The van der Waals surface area contributed by atoms with E-state index in [0.717, 1.165) is 45.7 Å². The van der Waals surface area contributed by atoms with Crippen LogP contribution in [-0.2, 0) is 4.79 Å². The van der Waals surface area contributed by atoms with Gasteiger partial charge in [-0.2, -0.15) is 0 Å². The number of hydrogen-bond acceptors (Lipinski definition) is 6. The molecule has 0 aliphatic carbocycles. The molecule has 1 amide bonds. The van der Waals surface area contributed by atoms with Gasteiger partial charge in [-0.15, -0.1) is 10.2 Å². The second kappa shape index (κ2) is 8.88. The van der Waals surface area contributed by atoms with Gasteiger partial charge in [0.05, 0.1) is 5.75 Å². The number of thioether (sulfide) groups is 1. The molecule has 2 aromatic rings. The van der Waals surface area contributed by atoms with Crippen LogP contribution >= 0.6 is 23.1 Å². The van der Waals surface area contributed by atoms with E-state index in [1.54, 1.807) is 0 Å². The van der Waals surface area contributed by atoms with Crippen molar-refractivity contribution in [3.63, 3.8) is 0 Å². The summed E-state index contributed by atoms with van der Waals surface area (Å²) < 4.78 is 0.805. The average Bonchev–Trinajstić information content (AvgIpc) is 2.92. The number of carbonyl (C=O) groups excluding carboxylic acids is 1. The van der Waals surface area contributed by atoms with E-state index in [2.05, 4.69) is 33.8 Å². The van der Waals surface area contributed by atoms with Crippen molar-refractivity contribution in [3.05, 3.63) is 29.3 Å². The van der Waals surface area contributed by atoms with E-state index in [9.17, 15) is 4.79 Å². The van der Waals surface area contributed by atoms with Gasteiger partial charge < -0.3 is 10.6 Å². The van der Waals surface area contributed by atoms with Crippen molar-refractivity contribution in [2.45, 2.75) is 38.0 Å². The maximum Gasteiger partial charge on any atom is 0.234 e. The number of nitrogens with zero attached hydrogens (tertiary/aromatic N) is 2. The van der Waals surface area contributed by atoms with Crippen molar-refractivity contribution in [1.82, 2.24) is 10.2 Å². The highest BCUT2D eigenvalue weighted by Gasteiger charge is 2.08. The molecule has 0 bridgehead atoms. The Labute approximate surface area is 145 Å². The Morgan fingerprint density at radius 3 is 2.65 bits per heavy atom. The molecule has 5 nitrogen and oxygen atoms in total. The Morgan fingerprint density at radius 1 is 1.22 bits per heavy atom. The van der Waals surface area contributed by atoms with Crippen molar-refractivity contribution < 1.29 is 4.79 Å². The molecule has 0 saturated heterocycles. The fourth-order valence-electron chi connectivity index (χ4n) is 2.08. The van der Waals surface area contributed by atoms with E-state index < -0.39 is 0 Å². The van der Waals surface area contributed by atoms with Crippen molar-refractivity contribution in [3.8, 4) is 0 Å². The third kappa shape index (κ3) is 6.19. The lowest BCUT2D eigenvalue weighted by Crippen LogP contribution is -2.14. The number of benzene rings is 1. The molecule has 2 rings (SSSR count). The first-order valence-electron chi connectivity index (χ1n) is 7.65. The number of aromatic nitrogens is 2. The Balaban J connectivity index is 1.80. The highest BCUT2D eigenvalue weighted by molar-refractivity contribution is 8.01. The summed E-state index contributed by atoms with van der Waals surface area (Å²) in [6.07, 6.45) is 2.26. The summed E-state index contributed by atoms with van der Waals surface area (Å²) >= 11 is 2.90. The summed E-state index contributed by atoms with van der Waals surface area (Å²) in [4.78, 5) is 12.0. The third-order valence-corrected chi connectivity index (χ3v) is 5.06. The summed E-state index contributed by atoms with van der Waals surface area (Å²) in [6.45, 7) is 7.10. The van der Waals surface area contributed by atoms with Gasteiger partial charge in [0.15, 0.2) is 4.34 Å². The van der Waals surface area contributed by atoms with Crippen LogP contribution in [0.5, 0.6) is 0 Å². The Kier molecular flexibility index (Phi) is 6.85. The number of aryl methyl sites for hydroxylation is 2. The fourth-order valence-corrected chi connectivity index (χ4v) is 3.66. The van der Waals surface area contributed by atoms with Crippen LogP contribution in [0.2, 0.25) is 0 Å². The van der Waals surface area contributed by atoms with E-state index in [1.807, 2.05) is 26.0 Å². The van der Waals surface area contributed by atoms with Crippen molar-refractivity contribution >= 4 is 39.8 Å². The van der Waals surface area contributed by atoms with Crippen molar-refractivity contribution in [2.75, 3.05) is 22.9 Å². The van der Waals surface area contributed by atoms with Crippen molar-refractivity contribution in [1.29, 1.82) is 0 Å². The zero-order valence-electron chi connectivity index (χ0n) is 13.7. The zero-order chi connectivity index (χ0) is 16.7. The van der Waals surface area contributed by atoms with E-state index in [-0.39, 0.29) is 5.91 Å². The second-order valence-electron chi connectivity index (χ2n) is 5.37. The monoisotopic (exact) mass is 350 g/mol. The zero-order valence-corrected chi connectivity index (χ0v) is 15.3. The molecule has 0 saturated carbocycles. The first-order chi connectivity index (χ1) is 11.1. The molecule has 0 fully saturated rings. The van der Waals surface area contributed by atoms with Crippen LogP contribution in [0.1, 0.15) is 30.9 Å². The summed E-state index contributed by atoms with van der Waals surface area (Å²) in [5.74, 6) is 0.298. The van der Waals surface area contributed by atoms with Gasteiger partial charge in [0.2, 0.25) is 11.0 Å². The molecule has 1 heterocycles. The van der Waals surface area contributed by atoms with Gasteiger partial charge in [-0.05, 0) is 43.5 Å². The molecular weight excluding hydrogens is 328 g/mol. The predicted molar refractivity (Wildman–Crippen MR) is 98.6 cm³/mol.